The molecule has 0 spiro atoms. The molecule has 0 aliphatic carbocycles. The van der Waals surface area contributed by atoms with Crippen LogP contribution in [0.5, 0.6) is 0 Å². The minimum atomic E-state index is 0.00336. The average molecular weight is 237 g/mol. The van der Waals surface area contributed by atoms with E-state index in [9.17, 15) is 0 Å². The smallest absolute Gasteiger partial charge is 0.0663 e. The van der Waals surface area contributed by atoms with Crippen LogP contribution in [0.2, 0.25) is 5.02 Å². The summed E-state index contributed by atoms with van der Waals surface area (Å²) in [7, 11) is 0. The van der Waals surface area contributed by atoms with E-state index in [1.165, 1.54) is 0 Å². The molecule has 1 aromatic rings. The minimum absolute atomic E-state index is 0.00336. The molecule has 0 bridgehead atoms. The first-order chi connectivity index (χ1) is 7.58. The molecule has 0 heterocycles. The first kappa shape index (κ1) is 13.1. The van der Waals surface area contributed by atoms with E-state index in [-0.39, 0.29) is 12.1 Å². The van der Waals surface area contributed by atoms with Gasteiger partial charge in [0.15, 0.2) is 0 Å². The van der Waals surface area contributed by atoms with Gasteiger partial charge in [-0.2, -0.15) is 0 Å². The van der Waals surface area contributed by atoms with Crippen molar-refractivity contribution in [2.75, 3.05) is 6.54 Å². The molecule has 3 N–H and O–H groups in total. The standard InChI is InChI=1S/C13H17ClN2/c1-4-10(3)16-13(8-15)12-6-5-11(14)7-9(12)2/h1,5-7,10,13,16H,8,15H2,2-3H3. The van der Waals surface area contributed by atoms with Crippen LogP contribution in [-0.2, 0) is 0 Å². The van der Waals surface area contributed by atoms with Crippen molar-refractivity contribution in [2.45, 2.75) is 25.9 Å². The summed E-state index contributed by atoms with van der Waals surface area (Å²) in [6.45, 7) is 4.47. The van der Waals surface area contributed by atoms with Crippen LogP contribution in [0, 0.1) is 19.3 Å². The molecule has 2 unspecified atom stereocenters. The van der Waals surface area contributed by atoms with Crippen molar-refractivity contribution in [1.82, 2.24) is 5.32 Å². The van der Waals surface area contributed by atoms with Crippen LogP contribution >= 0.6 is 11.6 Å². The molecular formula is C13H17ClN2. The molecule has 0 radical (unpaired) electrons. The van der Waals surface area contributed by atoms with Crippen molar-refractivity contribution in [3.63, 3.8) is 0 Å². The quantitative estimate of drug-likeness (QED) is 0.788. The van der Waals surface area contributed by atoms with Crippen molar-refractivity contribution in [3.05, 3.63) is 34.3 Å². The van der Waals surface area contributed by atoms with Crippen LogP contribution in [0.25, 0.3) is 0 Å². The summed E-state index contributed by atoms with van der Waals surface area (Å²) in [5, 5.41) is 4.03. The van der Waals surface area contributed by atoms with E-state index >= 15 is 0 Å². The Morgan fingerprint density at radius 2 is 2.25 bits per heavy atom. The third-order valence-electron chi connectivity index (χ3n) is 2.54. The maximum Gasteiger partial charge on any atom is 0.0663 e. The molecule has 86 valence electrons. The molecule has 2 nitrogen and oxygen atoms in total. The zero-order chi connectivity index (χ0) is 12.1. The van der Waals surface area contributed by atoms with Crippen molar-refractivity contribution in [3.8, 4) is 12.3 Å². The normalized spacial score (nSPS) is 14.2. The summed E-state index contributed by atoms with van der Waals surface area (Å²) in [5.74, 6) is 2.64. The number of nitrogens with one attached hydrogen (secondary N) is 1. The predicted molar refractivity (Wildman–Crippen MR) is 69.4 cm³/mol. The van der Waals surface area contributed by atoms with Gasteiger partial charge in [0.1, 0.15) is 0 Å². The Bertz CT molecular complexity index is 395. The number of hydrogen-bond donors (Lipinski definition) is 2. The lowest BCUT2D eigenvalue weighted by Crippen LogP contribution is -2.34. The van der Waals surface area contributed by atoms with E-state index in [0.717, 1.165) is 16.1 Å². The number of rotatable bonds is 4. The van der Waals surface area contributed by atoms with Gasteiger partial charge in [-0.1, -0.05) is 23.6 Å². The second-order valence-electron chi connectivity index (χ2n) is 3.84. The highest BCUT2D eigenvalue weighted by molar-refractivity contribution is 6.30. The Labute approximate surface area is 102 Å². The van der Waals surface area contributed by atoms with Gasteiger partial charge in [0.05, 0.1) is 6.04 Å². The van der Waals surface area contributed by atoms with E-state index in [2.05, 4.69) is 11.2 Å². The van der Waals surface area contributed by atoms with Gasteiger partial charge in [0.25, 0.3) is 0 Å². The van der Waals surface area contributed by atoms with Gasteiger partial charge < -0.3 is 5.73 Å². The van der Waals surface area contributed by atoms with Gasteiger partial charge in [-0.15, -0.1) is 6.42 Å². The summed E-state index contributed by atoms with van der Waals surface area (Å²) in [6.07, 6.45) is 5.34. The van der Waals surface area contributed by atoms with E-state index in [0.29, 0.717) is 6.54 Å². The Hall–Kier alpha value is -1.01. The summed E-state index contributed by atoms with van der Waals surface area (Å²) < 4.78 is 0. The third kappa shape index (κ3) is 3.24. The zero-order valence-electron chi connectivity index (χ0n) is 9.63. The zero-order valence-corrected chi connectivity index (χ0v) is 10.4. The molecule has 0 saturated carbocycles. The Morgan fingerprint density at radius 3 is 2.75 bits per heavy atom. The second kappa shape index (κ2) is 5.91. The highest BCUT2D eigenvalue weighted by atomic mass is 35.5. The summed E-state index contributed by atoms with van der Waals surface area (Å²) in [4.78, 5) is 0. The Kier molecular flexibility index (Phi) is 4.82. The molecule has 0 aromatic heterocycles. The maximum atomic E-state index is 5.91. The second-order valence-corrected chi connectivity index (χ2v) is 4.28. The first-order valence-electron chi connectivity index (χ1n) is 5.26. The van der Waals surface area contributed by atoms with Gasteiger partial charge in [-0.05, 0) is 37.1 Å². The molecule has 16 heavy (non-hydrogen) atoms. The van der Waals surface area contributed by atoms with Gasteiger partial charge in [0, 0.05) is 17.6 Å². The van der Waals surface area contributed by atoms with Crippen molar-refractivity contribution >= 4 is 11.6 Å². The highest BCUT2D eigenvalue weighted by Gasteiger charge is 2.13. The number of nitrogens with two attached hydrogens (primary N) is 1. The number of halogens is 1. The summed E-state index contributed by atoms with van der Waals surface area (Å²) >= 11 is 5.91. The molecule has 0 saturated heterocycles. The number of benzene rings is 1. The first-order valence-corrected chi connectivity index (χ1v) is 5.64. The van der Waals surface area contributed by atoms with Gasteiger partial charge in [0.2, 0.25) is 0 Å². The number of hydrogen-bond acceptors (Lipinski definition) is 2. The van der Waals surface area contributed by atoms with Gasteiger partial charge >= 0.3 is 0 Å². The van der Waals surface area contributed by atoms with Crippen LogP contribution < -0.4 is 11.1 Å². The van der Waals surface area contributed by atoms with E-state index in [4.69, 9.17) is 23.8 Å². The van der Waals surface area contributed by atoms with Crippen LogP contribution in [0.4, 0.5) is 0 Å². The Morgan fingerprint density at radius 1 is 1.56 bits per heavy atom. The lowest BCUT2D eigenvalue weighted by Gasteiger charge is -2.21. The lowest BCUT2D eigenvalue weighted by molar-refractivity contribution is 0.516. The third-order valence-corrected chi connectivity index (χ3v) is 2.78. The number of terminal acetylenes is 1. The van der Waals surface area contributed by atoms with E-state index in [1.807, 2.05) is 32.0 Å². The molecule has 0 amide bonds. The van der Waals surface area contributed by atoms with Crippen molar-refractivity contribution in [2.24, 2.45) is 5.73 Å². The lowest BCUT2D eigenvalue weighted by atomic mass is 10.0. The SMILES string of the molecule is C#CC(C)NC(CN)c1ccc(Cl)cc1C. The van der Waals surface area contributed by atoms with Crippen LogP contribution in [0.15, 0.2) is 18.2 Å². The number of aryl methyl sites for hydroxylation is 1. The van der Waals surface area contributed by atoms with Crippen LogP contribution in [-0.4, -0.2) is 12.6 Å². The molecule has 2 atom stereocenters. The largest absolute Gasteiger partial charge is 0.329 e. The molecule has 1 rings (SSSR count). The maximum absolute atomic E-state index is 5.91. The fourth-order valence-electron chi connectivity index (χ4n) is 1.66. The van der Waals surface area contributed by atoms with Gasteiger partial charge in [-0.3, -0.25) is 5.32 Å². The van der Waals surface area contributed by atoms with Crippen LogP contribution in [0.3, 0.4) is 0 Å². The average Bonchev–Trinajstić information content (AvgIpc) is 2.26. The predicted octanol–water partition coefficient (Wildman–Crippen LogP) is 2.26. The Balaban J connectivity index is 2.91. The van der Waals surface area contributed by atoms with Crippen molar-refractivity contribution in [1.29, 1.82) is 0 Å². The highest BCUT2D eigenvalue weighted by Crippen LogP contribution is 2.21. The monoisotopic (exact) mass is 236 g/mol. The molecule has 0 aliphatic rings. The van der Waals surface area contributed by atoms with Gasteiger partial charge in [-0.25, -0.2) is 0 Å². The van der Waals surface area contributed by atoms with Crippen molar-refractivity contribution < 1.29 is 0 Å². The summed E-state index contributed by atoms with van der Waals surface area (Å²) in [6, 6.07) is 5.87. The molecular weight excluding hydrogens is 220 g/mol. The molecule has 0 fully saturated rings. The minimum Gasteiger partial charge on any atom is -0.329 e. The fourth-order valence-corrected chi connectivity index (χ4v) is 1.89. The molecule has 3 heteroatoms. The van der Waals surface area contributed by atoms with Crippen LogP contribution in [0.1, 0.15) is 24.1 Å². The molecule has 1 aromatic carbocycles. The summed E-state index contributed by atoms with van der Waals surface area (Å²) in [5.41, 5.74) is 8.02. The van der Waals surface area contributed by atoms with E-state index < -0.39 is 0 Å². The van der Waals surface area contributed by atoms with E-state index in [1.54, 1.807) is 0 Å². The topological polar surface area (TPSA) is 38.0 Å². The molecule has 0 aliphatic heterocycles. The fraction of sp³-hybridized carbons (Fsp3) is 0.385.